The molecule has 0 saturated heterocycles. The number of thioether (sulfide) groups is 1. The number of hydrogen-bond acceptors (Lipinski definition) is 4. The van der Waals surface area contributed by atoms with E-state index in [2.05, 4.69) is 5.32 Å². The summed E-state index contributed by atoms with van der Waals surface area (Å²) in [4.78, 5) is 0.0468. The smallest absolute Gasteiger partial charge is 0.229 e. The molecule has 4 heteroatoms. The number of nitrogens with zero attached hydrogens (tertiary/aromatic N) is 1. The zero-order valence-corrected chi connectivity index (χ0v) is 7.06. The van der Waals surface area contributed by atoms with E-state index >= 15 is 0 Å². The molecule has 0 aromatic heterocycles. The zero-order valence-electron chi connectivity index (χ0n) is 6.24. The Morgan fingerprint density at radius 3 is 2.92 bits per heavy atom. The highest BCUT2D eigenvalue weighted by Gasteiger charge is 2.33. The summed E-state index contributed by atoms with van der Waals surface area (Å²) in [5.41, 5.74) is 6.64. The number of nitrogens with two attached hydrogens (primary N) is 1. The van der Waals surface area contributed by atoms with Gasteiger partial charge in [-0.15, -0.1) is 0 Å². The first-order valence-electron chi connectivity index (χ1n) is 3.50. The molecule has 3 N–H and O–H groups in total. The monoisotopic (exact) mass is 177 g/mol. The molecule has 2 rings (SSSR count). The Hall–Kier alpha value is -1.18. The van der Waals surface area contributed by atoms with Crippen molar-refractivity contribution in [3.05, 3.63) is 24.3 Å². The molecule has 0 amide bonds. The van der Waals surface area contributed by atoms with Crippen molar-refractivity contribution in [1.82, 2.24) is 0 Å². The van der Waals surface area contributed by atoms with E-state index in [-0.39, 0.29) is 0 Å². The van der Waals surface area contributed by atoms with Gasteiger partial charge in [-0.05, 0) is 12.1 Å². The standard InChI is InChI=1S/C8H7N3S/c9-5-8(10)11-6-3-1-2-4-7(6)12-8/h1-4,11H,10H2. The van der Waals surface area contributed by atoms with E-state index < -0.39 is 4.99 Å². The quantitative estimate of drug-likeness (QED) is 0.627. The third-order valence-corrected chi connectivity index (χ3v) is 2.74. The topological polar surface area (TPSA) is 61.8 Å². The molecule has 0 fully saturated rings. The molecule has 1 unspecified atom stereocenters. The highest BCUT2D eigenvalue weighted by Crippen LogP contribution is 2.41. The van der Waals surface area contributed by atoms with E-state index in [9.17, 15) is 0 Å². The van der Waals surface area contributed by atoms with Crippen molar-refractivity contribution in [2.75, 3.05) is 5.32 Å². The van der Waals surface area contributed by atoms with E-state index in [0.717, 1.165) is 10.6 Å². The number of fused-ring (bicyclic) bond motifs is 1. The Kier molecular flexibility index (Phi) is 1.50. The molecule has 12 heavy (non-hydrogen) atoms. The molecule has 0 spiro atoms. The summed E-state index contributed by atoms with van der Waals surface area (Å²) in [5, 5.41) is 11.7. The molecule has 0 bridgehead atoms. The first-order valence-corrected chi connectivity index (χ1v) is 4.31. The van der Waals surface area contributed by atoms with E-state index in [0.29, 0.717) is 0 Å². The van der Waals surface area contributed by atoms with Gasteiger partial charge >= 0.3 is 0 Å². The van der Waals surface area contributed by atoms with Gasteiger partial charge in [0.15, 0.2) is 0 Å². The van der Waals surface area contributed by atoms with Crippen LogP contribution in [0.3, 0.4) is 0 Å². The predicted molar refractivity (Wildman–Crippen MR) is 48.5 cm³/mol. The molecule has 1 atom stereocenters. The maximum absolute atomic E-state index is 8.74. The van der Waals surface area contributed by atoms with Crippen molar-refractivity contribution in [2.45, 2.75) is 9.89 Å². The van der Waals surface area contributed by atoms with Gasteiger partial charge < -0.3 is 5.32 Å². The number of benzene rings is 1. The predicted octanol–water partition coefficient (Wildman–Crippen LogP) is 1.34. The first-order chi connectivity index (χ1) is 5.73. The minimum atomic E-state index is -0.982. The third-order valence-electron chi connectivity index (χ3n) is 1.64. The number of rotatable bonds is 0. The number of hydrogen-bond donors (Lipinski definition) is 2. The van der Waals surface area contributed by atoms with Gasteiger partial charge in [0.05, 0.1) is 5.69 Å². The second kappa shape index (κ2) is 2.41. The fraction of sp³-hybridized carbons (Fsp3) is 0.125. The lowest BCUT2D eigenvalue weighted by molar-refractivity contribution is 0.896. The van der Waals surface area contributed by atoms with Crippen LogP contribution in [0.1, 0.15) is 0 Å². The van der Waals surface area contributed by atoms with Crippen molar-refractivity contribution in [2.24, 2.45) is 5.73 Å². The summed E-state index contributed by atoms with van der Waals surface area (Å²) < 4.78 is 0. The van der Waals surface area contributed by atoms with Gasteiger partial charge in [0.1, 0.15) is 6.07 Å². The molecule has 60 valence electrons. The van der Waals surface area contributed by atoms with Gasteiger partial charge in [0.25, 0.3) is 0 Å². The lowest BCUT2D eigenvalue weighted by Gasteiger charge is -2.12. The van der Waals surface area contributed by atoms with Crippen LogP contribution in [0.2, 0.25) is 0 Å². The molecule has 1 aromatic rings. The molecule has 1 aromatic carbocycles. The van der Waals surface area contributed by atoms with Crippen LogP contribution in [0.5, 0.6) is 0 Å². The van der Waals surface area contributed by atoms with Crippen LogP contribution in [0, 0.1) is 11.3 Å². The first kappa shape index (κ1) is 7.47. The molecule has 1 aliphatic heterocycles. The summed E-state index contributed by atoms with van der Waals surface area (Å²) >= 11 is 1.34. The van der Waals surface area contributed by atoms with Gasteiger partial charge in [-0.3, -0.25) is 5.73 Å². The minimum Gasteiger partial charge on any atom is -0.346 e. The van der Waals surface area contributed by atoms with Crippen molar-refractivity contribution < 1.29 is 0 Å². The maximum Gasteiger partial charge on any atom is 0.229 e. The van der Waals surface area contributed by atoms with E-state index in [1.807, 2.05) is 30.3 Å². The Balaban J connectivity index is 2.41. The molecule has 3 nitrogen and oxygen atoms in total. The number of anilines is 1. The average Bonchev–Trinajstić information content (AvgIpc) is 2.42. The highest BCUT2D eigenvalue weighted by molar-refractivity contribution is 8.01. The second-order valence-corrected chi connectivity index (χ2v) is 3.86. The van der Waals surface area contributed by atoms with E-state index in [4.69, 9.17) is 11.0 Å². The largest absolute Gasteiger partial charge is 0.346 e. The fourth-order valence-corrected chi connectivity index (χ4v) is 2.04. The Morgan fingerprint density at radius 1 is 1.50 bits per heavy atom. The summed E-state index contributed by atoms with van der Waals surface area (Å²) in [6.07, 6.45) is 0. The second-order valence-electron chi connectivity index (χ2n) is 2.57. The van der Waals surface area contributed by atoms with Crippen LogP contribution in [0.25, 0.3) is 0 Å². The lowest BCUT2D eigenvalue weighted by Crippen LogP contribution is -2.39. The molecular formula is C8H7N3S. The van der Waals surface area contributed by atoms with Crippen LogP contribution in [-0.2, 0) is 0 Å². The number of nitriles is 1. The summed E-state index contributed by atoms with van der Waals surface area (Å²) in [7, 11) is 0. The van der Waals surface area contributed by atoms with Gasteiger partial charge in [0.2, 0.25) is 4.99 Å². The minimum absolute atomic E-state index is 0.937. The average molecular weight is 177 g/mol. The Labute approximate surface area is 74.6 Å². The summed E-state index contributed by atoms with van der Waals surface area (Å²) in [6, 6.07) is 9.71. The number of para-hydroxylation sites is 1. The molecule has 0 saturated carbocycles. The van der Waals surface area contributed by atoms with Crippen molar-refractivity contribution >= 4 is 17.4 Å². The molecular weight excluding hydrogens is 170 g/mol. The van der Waals surface area contributed by atoms with E-state index in [1.165, 1.54) is 11.8 Å². The van der Waals surface area contributed by atoms with Crippen LogP contribution in [-0.4, -0.2) is 4.99 Å². The van der Waals surface area contributed by atoms with Gasteiger partial charge in [-0.25, -0.2) is 0 Å². The normalized spacial score (nSPS) is 25.7. The summed E-state index contributed by atoms with van der Waals surface area (Å²) in [6.45, 7) is 0. The van der Waals surface area contributed by atoms with Gasteiger partial charge in [0, 0.05) is 4.90 Å². The molecule has 0 radical (unpaired) electrons. The van der Waals surface area contributed by atoms with Crippen LogP contribution in [0.4, 0.5) is 5.69 Å². The zero-order chi connectivity index (χ0) is 8.60. The third kappa shape index (κ3) is 1.04. The molecule has 1 heterocycles. The van der Waals surface area contributed by atoms with Crippen LogP contribution in [0.15, 0.2) is 29.2 Å². The Bertz CT molecular complexity index is 331. The molecule has 0 aliphatic carbocycles. The maximum atomic E-state index is 8.74. The van der Waals surface area contributed by atoms with E-state index in [1.54, 1.807) is 0 Å². The summed E-state index contributed by atoms with van der Waals surface area (Å²) in [5.74, 6) is 0. The van der Waals surface area contributed by atoms with Crippen LogP contribution >= 0.6 is 11.8 Å². The highest BCUT2D eigenvalue weighted by atomic mass is 32.2. The van der Waals surface area contributed by atoms with Gasteiger partial charge in [-0.1, -0.05) is 23.9 Å². The fourth-order valence-electron chi connectivity index (χ4n) is 1.11. The Morgan fingerprint density at radius 2 is 2.25 bits per heavy atom. The van der Waals surface area contributed by atoms with Crippen molar-refractivity contribution in [1.29, 1.82) is 5.26 Å². The van der Waals surface area contributed by atoms with Gasteiger partial charge in [-0.2, -0.15) is 5.26 Å². The van der Waals surface area contributed by atoms with Crippen molar-refractivity contribution in [3.63, 3.8) is 0 Å². The van der Waals surface area contributed by atoms with Crippen LogP contribution < -0.4 is 11.1 Å². The molecule has 1 aliphatic rings. The van der Waals surface area contributed by atoms with Crippen molar-refractivity contribution in [3.8, 4) is 6.07 Å². The lowest BCUT2D eigenvalue weighted by atomic mass is 10.3. The SMILES string of the molecule is N#CC1(N)Nc2ccccc2S1. The number of nitrogens with one attached hydrogen (secondary N) is 1.